The lowest BCUT2D eigenvalue weighted by molar-refractivity contribution is -0.138. The summed E-state index contributed by atoms with van der Waals surface area (Å²) in [4.78, 5) is 46.1. The maximum Gasteiger partial charge on any atom is 0.264 e. The largest absolute Gasteiger partial charge is 0.497 e. The molecule has 47 heavy (non-hydrogen) atoms. The number of fused-ring (bicyclic) bond motifs is 1. The van der Waals surface area contributed by atoms with Gasteiger partial charge in [-0.3, -0.25) is 14.4 Å². The number of carbonyl (C=O) groups excluding carboxylic acids is 3. The van der Waals surface area contributed by atoms with Gasteiger partial charge >= 0.3 is 0 Å². The van der Waals surface area contributed by atoms with Gasteiger partial charge in [0, 0.05) is 33.4 Å². The van der Waals surface area contributed by atoms with Gasteiger partial charge < -0.3 is 25.4 Å². The van der Waals surface area contributed by atoms with E-state index in [1.54, 1.807) is 31.4 Å². The standard InChI is InChI=1S/C33H32IN5O7S/c1-45-21-12-13-24-26(14-21)36-25(20-8-4-2-5-9-20)16-28(24)46-22-15-27(39(19-22)30(40)18-35)31(41)37-33(17-29(33)34)32(42)38-47(43,44)23-10-6-3-7-11-23/h2-14,16,22,27,29H,15,17-19,35H2,1H3,(H,37,41)(H,38,42)/t22-,27+,29?,33-/m1/s1. The monoisotopic (exact) mass is 769 g/mol. The molecule has 0 radical (unpaired) electrons. The Morgan fingerprint density at radius 3 is 2.36 bits per heavy atom. The van der Waals surface area contributed by atoms with Crippen molar-refractivity contribution in [2.24, 2.45) is 5.73 Å². The number of aromatic nitrogens is 1. The number of pyridine rings is 1. The van der Waals surface area contributed by atoms with E-state index < -0.39 is 45.4 Å². The molecule has 1 saturated heterocycles. The average molecular weight is 770 g/mol. The highest BCUT2D eigenvalue weighted by atomic mass is 127. The van der Waals surface area contributed by atoms with Crippen molar-refractivity contribution < 1.29 is 32.3 Å². The molecule has 1 unspecified atom stereocenters. The molecule has 1 aliphatic heterocycles. The van der Waals surface area contributed by atoms with Crippen molar-refractivity contribution >= 4 is 61.2 Å². The Labute approximate surface area is 285 Å². The van der Waals surface area contributed by atoms with Crippen LogP contribution in [-0.2, 0) is 24.4 Å². The molecular weight excluding hydrogens is 737 g/mol. The highest BCUT2D eigenvalue weighted by Crippen LogP contribution is 2.44. The molecule has 3 aromatic carbocycles. The second kappa shape index (κ2) is 13.1. The minimum absolute atomic E-state index is 0.0734. The van der Waals surface area contributed by atoms with Crippen molar-refractivity contribution in [2.75, 3.05) is 20.2 Å². The molecule has 1 aliphatic carbocycles. The van der Waals surface area contributed by atoms with Crippen LogP contribution in [-0.4, -0.2) is 77.8 Å². The van der Waals surface area contributed by atoms with E-state index in [1.165, 1.54) is 17.0 Å². The third-order valence-corrected chi connectivity index (χ3v) is 11.2. The Balaban J connectivity index is 1.24. The molecule has 4 atom stereocenters. The fraction of sp³-hybridized carbons (Fsp3) is 0.273. The first-order valence-corrected chi connectivity index (χ1v) is 17.6. The zero-order valence-corrected chi connectivity index (χ0v) is 28.2. The van der Waals surface area contributed by atoms with E-state index in [1.807, 2.05) is 71.1 Å². The Kier molecular flexibility index (Phi) is 9.09. The van der Waals surface area contributed by atoms with Gasteiger partial charge in [0.05, 0.1) is 36.3 Å². The molecule has 2 fully saturated rings. The fourth-order valence-corrected chi connectivity index (χ4v) is 7.87. The number of halogens is 1. The van der Waals surface area contributed by atoms with Crippen LogP contribution >= 0.6 is 22.6 Å². The molecule has 4 aromatic rings. The van der Waals surface area contributed by atoms with E-state index in [9.17, 15) is 22.8 Å². The van der Waals surface area contributed by atoms with Crippen LogP contribution in [0.1, 0.15) is 12.8 Å². The highest BCUT2D eigenvalue weighted by molar-refractivity contribution is 14.1. The zero-order chi connectivity index (χ0) is 33.3. The molecule has 3 amide bonds. The smallest absolute Gasteiger partial charge is 0.264 e. The topological polar surface area (TPSA) is 170 Å². The third kappa shape index (κ3) is 6.62. The van der Waals surface area contributed by atoms with Crippen LogP contribution in [0.15, 0.2) is 89.8 Å². The molecule has 2 heterocycles. The Morgan fingerprint density at radius 2 is 1.72 bits per heavy atom. The van der Waals surface area contributed by atoms with Gasteiger partial charge in [-0.05, 0) is 30.7 Å². The first-order valence-electron chi connectivity index (χ1n) is 14.8. The van der Waals surface area contributed by atoms with Gasteiger partial charge in [-0.2, -0.15) is 0 Å². The van der Waals surface area contributed by atoms with Gasteiger partial charge in [0.2, 0.25) is 11.8 Å². The van der Waals surface area contributed by atoms with E-state index in [2.05, 4.69) is 10.0 Å². The number of rotatable bonds is 10. The summed E-state index contributed by atoms with van der Waals surface area (Å²) >= 11 is 2.00. The number of alkyl halides is 1. The second-order valence-electron chi connectivity index (χ2n) is 11.4. The van der Waals surface area contributed by atoms with E-state index >= 15 is 0 Å². The SMILES string of the molecule is COc1ccc2c(O[C@@H]3C[C@@H](C(=O)N[C@]4(C(=O)NS(=O)(=O)c5ccccc5)CC4I)N(C(=O)CN)C3)cc(-c3ccccc3)nc2c1. The van der Waals surface area contributed by atoms with E-state index in [0.717, 1.165) is 10.9 Å². The molecule has 244 valence electrons. The molecule has 2 aliphatic rings. The molecule has 0 spiro atoms. The van der Waals surface area contributed by atoms with Gasteiger partial charge in [-0.15, -0.1) is 0 Å². The number of methoxy groups -OCH3 is 1. The molecule has 12 nitrogen and oxygen atoms in total. The minimum atomic E-state index is -4.17. The lowest BCUT2D eigenvalue weighted by Gasteiger charge is -2.25. The maximum atomic E-state index is 13.8. The van der Waals surface area contributed by atoms with Crippen LogP contribution in [0.5, 0.6) is 11.5 Å². The van der Waals surface area contributed by atoms with Crippen LogP contribution in [0, 0.1) is 0 Å². The van der Waals surface area contributed by atoms with Gasteiger partial charge in [-0.1, -0.05) is 71.1 Å². The second-order valence-corrected chi connectivity index (χ2v) is 14.6. The van der Waals surface area contributed by atoms with Crippen LogP contribution in [0.4, 0.5) is 0 Å². The van der Waals surface area contributed by atoms with Gasteiger partial charge in [0.1, 0.15) is 29.2 Å². The number of benzene rings is 3. The summed E-state index contributed by atoms with van der Waals surface area (Å²) in [7, 11) is -2.59. The molecule has 0 bridgehead atoms. The average Bonchev–Trinajstić information content (AvgIpc) is 3.54. The van der Waals surface area contributed by atoms with Gasteiger partial charge in [-0.25, -0.2) is 18.1 Å². The summed E-state index contributed by atoms with van der Waals surface area (Å²) in [5.41, 5.74) is 6.45. The predicted molar refractivity (Wildman–Crippen MR) is 182 cm³/mol. The molecular formula is C33H32IN5O7S. The molecule has 1 aromatic heterocycles. The zero-order valence-electron chi connectivity index (χ0n) is 25.3. The number of hydrogen-bond donors (Lipinski definition) is 3. The number of nitrogens with one attached hydrogen (secondary N) is 2. The Hall–Kier alpha value is -4.28. The van der Waals surface area contributed by atoms with Crippen LogP contribution in [0.3, 0.4) is 0 Å². The van der Waals surface area contributed by atoms with Crippen molar-refractivity contribution in [3.63, 3.8) is 0 Å². The number of hydrogen-bond acceptors (Lipinski definition) is 9. The molecule has 1 saturated carbocycles. The number of nitrogens with two attached hydrogens (primary N) is 1. The minimum Gasteiger partial charge on any atom is -0.497 e. The van der Waals surface area contributed by atoms with Crippen LogP contribution in [0.2, 0.25) is 0 Å². The molecule has 4 N–H and O–H groups in total. The Morgan fingerprint density at radius 1 is 1.04 bits per heavy atom. The van der Waals surface area contributed by atoms with Gasteiger partial charge in [0.25, 0.3) is 15.9 Å². The summed E-state index contributed by atoms with van der Waals surface area (Å²) in [6, 6.07) is 23.4. The third-order valence-electron chi connectivity index (χ3n) is 8.31. The summed E-state index contributed by atoms with van der Waals surface area (Å²) in [6.07, 6.45) is -0.262. The summed E-state index contributed by atoms with van der Waals surface area (Å²) < 4.78 is 39.4. The summed E-state index contributed by atoms with van der Waals surface area (Å²) in [5.74, 6) is -0.763. The predicted octanol–water partition coefficient (Wildman–Crippen LogP) is 2.78. The van der Waals surface area contributed by atoms with Crippen molar-refractivity contribution in [1.29, 1.82) is 0 Å². The number of sulfonamides is 1. The van der Waals surface area contributed by atoms with Crippen molar-refractivity contribution in [1.82, 2.24) is 19.9 Å². The van der Waals surface area contributed by atoms with E-state index in [4.69, 9.17) is 20.2 Å². The first kappa shape index (κ1) is 32.7. The van der Waals surface area contributed by atoms with E-state index in [0.29, 0.717) is 22.7 Å². The van der Waals surface area contributed by atoms with E-state index in [-0.39, 0.29) is 34.8 Å². The van der Waals surface area contributed by atoms with Crippen molar-refractivity contribution in [3.05, 3.63) is 84.9 Å². The number of carbonyl (C=O) groups is 3. The Bertz CT molecular complexity index is 1950. The lowest BCUT2D eigenvalue weighted by atomic mass is 10.1. The summed E-state index contributed by atoms with van der Waals surface area (Å²) in [5, 5.41) is 3.48. The van der Waals surface area contributed by atoms with Crippen molar-refractivity contribution in [3.8, 4) is 22.8 Å². The highest BCUT2D eigenvalue weighted by Gasteiger charge is 2.61. The number of ether oxygens (including phenoxy) is 2. The van der Waals surface area contributed by atoms with Crippen LogP contribution in [0.25, 0.3) is 22.2 Å². The number of nitrogens with zero attached hydrogens (tertiary/aromatic N) is 2. The summed E-state index contributed by atoms with van der Waals surface area (Å²) in [6.45, 7) is -0.257. The molecule has 6 rings (SSSR count). The number of likely N-dealkylation sites (tertiary alicyclic amines) is 1. The quantitative estimate of drug-likeness (QED) is 0.162. The normalized spacial score (nSPS) is 22.0. The fourth-order valence-electron chi connectivity index (χ4n) is 5.68. The first-order chi connectivity index (χ1) is 22.5. The molecule has 14 heteroatoms. The maximum absolute atomic E-state index is 13.8. The lowest BCUT2D eigenvalue weighted by Crippen LogP contribution is -2.57. The van der Waals surface area contributed by atoms with Gasteiger partial charge in [0.15, 0.2) is 0 Å². The van der Waals surface area contributed by atoms with Crippen molar-refractivity contribution in [2.45, 2.75) is 39.3 Å². The number of amides is 3. The van der Waals surface area contributed by atoms with Crippen LogP contribution < -0.4 is 25.2 Å².